The Morgan fingerprint density at radius 1 is 1.30 bits per heavy atom. The summed E-state index contributed by atoms with van der Waals surface area (Å²) in [6, 6.07) is 9.78. The summed E-state index contributed by atoms with van der Waals surface area (Å²) in [5, 5.41) is 12.7. The van der Waals surface area contributed by atoms with Crippen LogP contribution >= 0.6 is 0 Å². The number of aromatic nitrogens is 5. The molecular formula is C19H23N7O. The van der Waals surface area contributed by atoms with Crippen molar-refractivity contribution in [2.24, 2.45) is 5.73 Å². The average Bonchev–Trinajstić information content (AvgIpc) is 3.40. The van der Waals surface area contributed by atoms with Crippen LogP contribution in [0.3, 0.4) is 0 Å². The predicted molar refractivity (Wildman–Crippen MR) is 101 cm³/mol. The van der Waals surface area contributed by atoms with Crippen molar-refractivity contribution in [3.8, 4) is 5.69 Å². The van der Waals surface area contributed by atoms with Crippen molar-refractivity contribution in [1.82, 2.24) is 29.7 Å². The number of hydrogen-bond donors (Lipinski definition) is 1. The number of amides is 1. The van der Waals surface area contributed by atoms with Crippen LogP contribution in [0.5, 0.6) is 0 Å². The van der Waals surface area contributed by atoms with Crippen LogP contribution < -0.4 is 5.73 Å². The van der Waals surface area contributed by atoms with Gasteiger partial charge in [0.1, 0.15) is 0 Å². The molecule has 2 N–H and O–H groups in total. The highest BCUT2D eigenvalue weighted by molar-refractivity contribution is 5.95. The van der Waals surface area contributed by atoms with Gasteiger partial charge in [0.05, 0.1) is 29.3 Å². The predicted octanol–water partition coefficient (Wildman–Crippen LogP) is 1.63. The Morgan fingerprint density at radius 3 is 2.85 bits per heavy atom. The number of nitrogens with zero attached hydrogens (tertiary/aromatic N) is 6. The highest BCUT2D eigenvalue weighted by atomic mass is 16.2. The Balaban J connectivity index is 1.52. The Morgan fingerprint density at radius 2 is 2.15 bits per heavy atom. The lowest BCUT2D eigenvalue weighted by Gasteiger charge is -2.17. The minimum absolute atomic E-state index is 0.0278. The summed E-state index contributed by atoms with van der Waals surface area (Å²) in [6.07, 6.45) is 2.72. The molecule has 4 rings (SSSR count). The molecule has 1 saturated heterocycles. The quantitative estimate of drug-likeness (QED) is 0.758. The first-order valence-electron chi connectivity index (χ1n) is 9.09. The minimum Gasteiger partial charge on any atom is -0.336 e. The molecule has 8 nitrogen and oxygen atoms in total. The third-order valence-corrected chi connectivity index (χ3v) is 4.94. The molecule has 2 aromatic heterocycles. The van der Waals surface area contributed by atoms with Crippen LogP contribution in [-0.4, -0.2) is 48.7 Å². The Hall–Kier alpha value is -3.00. The van der Waals surface area contributed by atoms with E-state index >= 15 is 0 Å². The summed E-state index contributed by atoms with van der Waals surface area (Å²) in [7, 11) is 0. The van der Waals surface area contributed by atoms with Gasteiger partial charge in [-0.1, -0.05) is 11.3 Å². The molecule has 0 bridgehead atoms. The van der Waals surface area contributed by atoms with E-state index in [1.807, 2.05) is 64.6 Å². The van der Waals surface area contributed by atoms with Crippen molar-refractivity contribution in [2.45, 2.75) is 32.9 Å². The largest absolute Gasteiger partial charge is 0.336 e. The fourth-order valence-corrected chi connectivity index (χ4v) is 3.57. The fraction of sp³-hybridized carbons (Fsp3) is 0.368. The van der Waals surface area contributed by atoms with Crippen LogP contribution in [0, 0.1) is 13.8 Å². The molecule has 1 aliphatic rings. The first kappa shape index (κ1) is 17.4. The molecule has 140 valence electrons. The van der Waals surface area contributed by atoms with Gasteiger partial charge >= 0.3 is 0 Å². The second kappa shape index (κ2) is 6.96. The topological polar surface area (TPSA) is 94.9 Å². The number of aryl methyl sites for hydroxylation is 2. The summed E-state index contributed by atoms with van der Waals surface area (Å²) < 4.78 is 3.68. The molecule has 1 aromatic carbocycles. The van der Waals surface area contributed by atoms with Gasteiger partial charge in [-0.2, -0.15) is 5.10 Å². The number of carbonyl (C=O) groups is 1. The van der Waals surface area contributed by atoms with Crippen molar-refractivity contribution >= 4 is 5.91 Å². The molecule has 27 heavy (non-hydrogen) atoms. The van der Waals surface area contributed by atoms with Crippen LogP contribution in [-0.2, 0) is 6.54 Å². The Kier molecular flexibility index (Phi) is 4.49. The first-order chi connectivity index (χ1) is 13.0. The van der Waals surface area contributed by atoms with Crippen molar-refractivity contribution in [3.05, 3.63) is 59.2 Å². The lowest BCUT2D eigenvalue weighted by Crippen LogP contribution is -2.29. The van der Waals surface area contributed by atoms with Crippen molar-refractivity contribution in [3.63, 3.8) is 0 Å². The van der Waals surface area contributed by atoms with Gasteiger partial charge in [-0.05, 0) is 44.5 Å². The minimum atomic E-state index is 0.0278. The van der Waals surface area contributed by atoms with E-state index in [-0.39, 0.29) is 11.9 Å². The smallest absolute Gasteiger partial charge is 0.254 e. The zero-order valence-corrected chi connectivity index (χ0v) is 15.5. The molecule has 0 radical (unpaired) electrons. The van der Waals surface area contributed by atoms with Gasteiger partial charge in [0.25, 0.3) is 5.91 Å². The molecule has 1 unspecified atom stereocenters. The molecule has 1 aliphatic heterocycles. The lowest BCUT2D eigenvalue weighted by molar-refractivity contribution is 0.0787. The van der Waals surface area contributed by atoms with E-state index < -0.39 is 0 Å². The highest BCUT2D eigenvalue weighted by Crippen LogP contribution is 2.23. The van der Waals surface area contributed by atoms with E-state index in [9.17, 15) is 4.79 Å². The number of hydrogen-bond acceptors (Lipinski definition) is 5. The fourth-order valence-electron chi connectivity index (χ4n) is 3.57. The normalized spacial score (nSPS) is 16.9. The molecular weight excluding hydrogens is 342 g/mol. The van der Waals surface area contributed by atoms with Crippen LogP contribution in [0.25, 0.3) is 5.69 Å². The van der Waals surface area contributed by atoms with Gasteiger partial charge in [0.2, 0.25) is 0 Å². The van der Waals surface area contributed by atoms with Gasteiger partial charge in [0, 0.05) is 30.9 Å². The number of benzene rings is 1. The van der Waals surface area contributed by atoms with Crippen LogP contribution in [0.4, 0.5) is 0 Å². The van der Waals surface area contributed by atoms with Gasteiger partial charge in [-0.15, -0.1) is 5.10 Å². The van der Waals surface area contributed by atoms with Crippen LogP contribution in [0.15, 0.2) is 36.5 Å². The van der Waals surface area contributed by atoms with E-state index in [0.29, 0.717) is 25.2 Å². The summed E-state index contributed by atoms with van der Waals surface area (Å²) in [4.78, 5) is 14.9. The number of nitrogens with two attached hydrogens (primary N) is 1. The zero-order chi connectivity index (χ0) is 19.0. The monoisotopic (exact) mass is 365 g/mol. The second-order valence-electron chi connectivity index (χ2n) is 6.98. The third-order valence-electron chi connectivity index (χ3n) is 4.94. The highest BCUT2D eigenvalue weighted by Gasteiger charge is 2.29. The summed E-state index contributed by atoms with van der Waals surface area (Å²) in [6.45, 7) is 5.66. The zero-order valence-electron chi connectivity index (χ0n) is 15.5. The van der Waals surface area contributed by atoms with Crippen molar-refractivity contribution in [1.29, 1.82) is 0 Å². The SMILES string of the molecule is Cc1cc(C)n(-c2cccc(C(=O)N3CCC(n4cc(CN)nn4)C3)c2)n1. The number of carbonyl (C=O) groups excluding carboxylic acids is 1. The Bertz CT molecular complexity index is 974. The van der Waals surface area contributed by atoms with Gasteiger partial charge < -0.3 is 10.6 Å². The van der Waals surface area contributed by atoms with Crippen molar-refractivity contribution in [2.75, 3.05) is 13.1 Å². The summed E-state index contributed by atoms with van der Waals surface area (Å²) >= 11 is 0. The van der Waals surface area contributed by atoms with E-state index in [2.05, 4.69) is 15.4 Å². The average molecular weight is 365 g/mol. The molecule has 0 aliphatic carbocycles. The van der Waals surface area contributed by atoms with E-state index in [4.69, 9.17) is 5.73 Å². The molecule has 3 heterocycles. The molecule has 0 spiro atoms. The van der Waals surface area contributed by atoms with E-state index in [1.54, 1.807) is 0 Å². The van der Waals surface area contributed by atoms with Crippen LogP contribution in [0.1, 0.15) is 39.9 Å². The summed E-state index contributed by atoms with van der Waals surface area (Å²) in [5.41, 5.74) is 9.92. The second-order valence-corrected chi connectivity index (χ2v) is 6.98. The standard InChI is InChI=1S/C19H23N7O/c1-13-8-14(2)26(22-13)17-5-3-4-15(9-17)19(27)24-7-6-18(12-24)25-11-16(10-20)21-23-25/h3-5,8-9,11,18H,6-7,10,12,20H2,1-2H3. The maximum Gasteiger partial charge on any atom is 0.254 e. The molecule has 8 heteroatoms. The van der Waals surface area contributed by atoms with Crippen LogP contribution in [0.2, 0.25) is 0 Å². The number of rotatable bonds is 4. The van der Waals surface area contributed by atoms with Crippen molar-refractivity contribution < 1.29 is 4.79 Å². The first-order valence-corrected chi connectivity index (χ1v) is 9.09. The van der Waals surface area contributed by atoms with Gasteiger partial charge in [-0.25, -0.2) is 9.36 Å². The van der Waals surface area contributed by atoms with E-state index in [1.165, 1.54) is 0 Å². The van der Waals surface area contributed by atoms with E-state index in [0.717, 1.165) is 29.2 Å². The lowest BCUT2D eigenvalue weighted by atomic mass is 10.1. The third kappa shape index (κ3) is 3.35. The molecule has 1 fully saturated rings. The maximum absolute atomic E-state index is 13.0. The Labute approximate surface area is 157 Å². The maximum atomic E-state index is 13.0. The van der Waals surface area contributed by atoms with Gasteiger partial charge in [-0.3, -0.25) is 4.79 Å². The number of likely N-dealkylation sites (tertiary alicyclic amines) is 1. The van der Waals surface area contributed by atoms with Gasteiger partial charge in [0.15, 0.2) is 0 Å². The molecule has 3 aromatic rings. The molecule has 0 saturated carbocycles. The molecule has 1 atom stereocenters. The molecule has 1 amide bonds. The summed E-state index contributed by atoms with van der Waals surface area (Å²) in [5.74, 6) is 0.0278.